The van der Waals surface area contributed by atoms with Gasteiger partial charge in [-0.3, -0.25) is 0 Å². The number of fused-ring (bicyclic) bond motifs is 2. The number of rotatable bonds is 4. The molecule has 9 heteroatoms. The van der Waals surface area contributed by atoms with Crippen molar-refractivity contribution >= 4 is 23.1 Å². The zero-order valence-electron chi connectivity index (χ0n) is 15.6. The molecule has 0 spiro atoms. The van der Waals surface area contributed by atoms with Crippen molar-refractivity contribution in [1.29, 1.82) is 0 Å². The third-order valence-electron chi connectivity index (χ3n) is 4.74. The predicted molar refractivity (Wildman–Crippen MR) is 101 cm³/mol. The van der Waals surface area contributed by atoms with Crippen LogP contribution < -0.4 is 4.74 Å². The molecule has 2 aromatic heterocycles. The van der Waals surface area contributed by atoms with Crippen LogP contribution in [0.1, 0.15) is 28.5 Å². The van der Waals surface area contributed by atoms with Gasteiger partial charge >= 0.3 is 12.1 Å². The topological polar surface area (TPSA) is 105 Å². The molecule has 0 unspecified atom stereocenters. The van der Waals surface area contributed by atoms with E-state index in [2.05, 4.69) is 9.97 Å². The average molecular weight is 399 g/mol. The number of hydrogen-bond acceptors (Lipinski definition) is 5. The van der Waals surface area contributed by atoms with Crippen LogP contribution in [0.3, 0.4) is 0 Å². The standard InChI is InChI=1S/C20H18FN3O5/c1-2-28-19(25)16-8-14-17(15(21)9-22-18(14)23-16)29-13-4-3-11-5-6-24(20(26)27)10-12(11)7-13/h3-4,7-9H,2,5-6,10H2,1H3,(H,22,23)(H,26,27). The van der Waals surface area contributed by atoms with E-state index in [0.29, 0.717) is 29.7 Å². The van der Waals surface area contributed by atoms with Crippen LogP contribution in [0.2, 0.25) is 0 Å². The molecule has 2 N–H and O–H groups in total. The molecular formula is C20H18FN3O5. The fraction of sp³-hybridized carbons (Fsp3) is 0.250. The van der Waals surface area contributed by atoms with E-state index in [1.165, 1.54) is 11.0 Å². The van der Waals surface area contributed by atoms with Crippen LogP contribution >= 0.6 is 0 Å². The fourth-order valence-electron chi connectivity index (χ4n) is 3.33. The van der Waals surface area contributed by atoms with Crippen molar-refractivity contribution in [3.05, 3.63) is 53.1 Å². The van der Waals surface area contributed by atoms with Crippen LogP contribution in [0.15, 0.2) is 30.5 Å². The van der Waals surface area contributed by atoms with Crippen LogP contribution in [-0.2, 0) is 17.7 Å². The first-order valence-electron chi connectivity index (χ1n) is 9.08. The monoisotopic (exact) mass is 399 g/mol. The van der Waals surface area contributed by atoms with E-state index in [4.69, 9.17) is 9.47 Å². The number of carbonyl (C=O) groups is 2. The average Bonchev–Trinajstić information content (AvgIpc) is 3.14. The molecule has 0 radical (unpaired) electrons. The molecule has 29 heavy (non-hydrogen) atoms. The Bertz CT molecular complexity index is 1110. The van der Waals surface area contributed by atoms with E-state index in [9.17, 15) is 19.1 Å². The van der Waals surface area contributed by atoms with Gasteiger partial charge in [-0.2, -0.15) is 0 Å². The Morgan fingerprint density at radius 1 is 1.31 bits per heavy atom. The van der Waals surface area contributed by atoms with Crippen molar-refractivity contribution in [1.82, 2.24) is 14.9 Å². The zero-order chi connectivity index (χ0) is 20.5. The van der Waals surface area contributed by atoms with Gasteiger partial charge in [-0.15, -0.1) is 0 Å². The lowest BCUT2D eigenvalue weighted by molar-refractivity contribution is 0.0520. The van der Waals surface area contributed by atoms with Crippen molar-refractivity contribution in [2.24, 2.45) is 0 Å². The first-order chi connectivity index (χ1) is 14.0. The number of carbonyl (C=O) groups excluding carboxylic acids is 1. The van der Waals surface area contributed by atoms with Crippen LogP contribution in [0.5, 0.6) is 11.5 Å². The summed E-state index contributed by atoms with van der Waals surface area (Å²) in [5, 5.41) is 9.51. The Kier molecular flexibility index (Phi) is 4.79. The number of nitrogens with zero attached hydrogens (tertiary/aromatic N) is 2. The highest BCUT2D eigenvalue weighted by atomic mass is 19.1. The number of aromatic amines is 1. The first-order valence-corrected chi connectivity index (χ1v) is 9.08. The van der Waals surface area contributed by atoms with Gasteiger partial charge in [0.1, 0.15) is 17.1 Å². The van der Waals surface area contributed by atoms with E-state index < -0.39 is 17.9 Å². The number of ether oxygens (including phenoxy) is 2. The molecule has 0 saturated heterocycles. The first kappa shape index (κ1) is 18.7. The molecule has 0 fully saturated rings. The minimum absolute atomic E-state index is 0.0763. The van der Waals surface area contributed by atoms with Gasteiger partial charge in [0.05, 0.1) is 18.2 Å². The summed E-state index contributed by atoms with van der Waals surface area (Å²) < 4.78 is 25.2. The molecule has 0 atom stereocenters. The number of nitrogens with one attached hydrogen (secondary N) is 1. The van der Waals surface area contributed by atoms with Crippen molar-refractivity contribution in [3.63, 3.8) is 0 Å². The molecule has 8 nitrogen and oxygen atoms in total. The third kappa shape index (κ3) is 3.58. The number of carboxylic acid groups (broad SMARTS) is 1. The number of benzene rings is 1. The zero-order valence-corrected chi connectivity index (χ0v) is 15.6. The summed E-state index contributed by atoms with van der Waals surface area (Å²) in [7, 11) is 0. The summed E-state index contributed by atoms with van der Waals surface area (Å²) in [4.78, 5) is 31.2. The lowest BCUT2D eigenvalue weighted by Gasteiger charge is -2.26. The maximum atomic E-state index is 14.5. The molecule has 1 aromatic carbocycles. The highest BCUT2D eigenvalue weighted by Gasteiger charge is 2.22. The summed E-state index contributed by atoms with van der Waals surface area (Å²) in [6.07, 6.45) is 0.632. The predicted octanol–water partition coefficient (Wildman–Crippen LogP) is 3.71. The summed E-state index contributed by atoms with van der Waals surface area (Å²) in [6.45, 7) is 2.58. The molecule has 150 valence electrons. The molecular weight excluding hydrogens is 381 g/mol. The van der Waals surface area contributed by atoms with Crippen molar-refractivity contribution in [2.45, 2.75) is 19.9 Å². The van der Waals surface area contributed by atoms with Gasteiger partial charge in [-0.05, 0) is 42.7 Å². The number of halogens is 1. The Balaban J connectivity index is 1.67. The second-order valence-corrected chi connectivity index (χ2v) is 6.59. The van der Waals surface area contributed by atoms with E-state index in [1.807, 2.05) is 6.07 Å². The van der Waals surface area contributed by atoms with Crippen molar-refractivity contribution in [3.8, 4) is 11.5 Å². The molecule has 3 aromatic rings. The van der Waals surface area contributed by atoms with Crippen LogP contribution in [-0.4, -0.2) is 45.2 Å². The van der Waals surface area contributed by atoms with Crippen LogP contribution in [0.4, 0.5) is 9.18 Å². The van der Waals surface area contributed by atoms with Gasteiger partial charge in [0.15, 0.2) is 11.6 Å². The second kappa shape index (κ2) is 7.42. The maximum absolute atomic E-state index is 14.5. The molecule has 0 aliphatic carbocycles. The Labute approximate surface area is 164 Å². The Morgan fingerprint density at radius 3 is 2.90 bits per heavy atom. The fourth-order valence-corrected chi connectivity index (χ4v) is 3.33. The van der Waals surface area contributed by atoms with E-state index in [-0.39, 0.29) is 24.6 Å². The normalized spacial score (nSPS) is 13.2. The molecule has 0 bridgehead atoms. The summed E-state index contributed by atoms with van der Waals surface area (Å²) in [6, 6.07) is 6.69. The summed E-state index contributed by atoms with van der Waals surface area (Å²) in [5.41, 5.74) is 2.27. The van der Waals surface area contributed by atoms with Crippen LogP contribution in [0.25, 0.3) is 11.0 Å². The molecule has 4 rings (SSSR count). The number of hydrogen-bond donors (Lipinski definition) is 2. The van der Waals surface area contributed by atoms with E-state index in [1.54, 1.807) is 19.1 Å². The lowest BCUT2D eigenvalue weighted by Crippen LogP contribution is -2.34. The quantitative estimate of drug-likeness (QED) is 0.648. The van der Waals surface area contributed by atoms with Gasteiger partial charge in [0.2, 0.25) is 0 Å². The van der Waals surface area contributed by atoms with Gasteiger partial charge in [-0.25, -0.2) is 19.0 Å². The van der Waals surface area contributed by atoms with E-state index in [0.717, 1.165) is 17.3 Å². The lowest BCUT2D eigenvalue weighted by atomic mass is 10.00. The molecule has 1 aliphatic heterocycles. The summed E-state index contributed by atoms with van der Waals surface area (Å²) >= 11 is 0. The number of aromatic nitrogens is 2. The van der Waals surface area contributed by atoms with Crippen molar-refractivity contribution < 1.29 is 28.6 Å². The van der Waals surface area contributed by atoms with Gasteiger partial charge in [0.25, 0.3) is 0 Å². The summed E-state index contributed by atoms with van der Waals surface area (Å²) in [5.74, 6) is -0.967. The van der Waals surface area contributed by atoms with Crippen molar-refractivity contribution in [2.75, 3.05) is 13.2 Å². The van der Waals surface area contributed by atoms with Gasteiger partial charge < -0.3 is 24.5 Å². The number of pyridine rings is 1. The Morgan fingerprint density at radius 2 is 2.14 bits per heavy atom. The molecule has 0 saturated carbocycles. The third-order valence-corrected chi connectivity index (χ3v) is 4.74. The number of H-pyrrole nitrogens is 1. The smallest absolute Gasteiger partial charge is 0.407 e. The highest BCUT2D eigenvalue weighted by Crippen LogP contribution is 2.34. The largest absolute Gasteiger partial charge is 0.465 e. The maximum Gasteiger partial charge on any atom is 0.407 e. The van der Waals surface area contributed by atoms with Crippen LogP contribution in [0, 0.1) is 5.82 Å². The SMILES string of the molecule is CCOC(=O)c1cc2c(Oc3ccc4c(c3)CN(C(=O)O)CC4)c(F)cnc2[nH]1. The molecule has 1 aliphatic rings. The van der Waals surface area contributed by atoms with E-state index >= 15 is 0 Å². The second-order valence-electron chi connectivity index (χ2n) is 6.59. The molecule has 3 heterocycles. The highest BCUT2D eigenvalue weighted by molar-refractivity contribution is 5.95. The number of amides is 1. The number of esters is 1. The molecule has 1 amide bonds. The van der Waals surface area contributed by atoms with Gasteiger partial charge in [0, 0.05) is 13.1 Å². The minimum Gasteiger partial charge on any atom is -0.465 e. The minimum atomic E-state index is -0.984. The van der Waals surface area contributed by atoms with Gasteiger partial charge in [-0.1, -0.05) is 6.07 Å². The Hall–Kier alpha value is -3.62.